The molecule has 0 aromatic carbocycles. The van der Waals surface area contributed by atoms with E-state index in [1.807, 2.05) is 0 Å². The summed E-state index contributed by atoms with van der Waals surface area (Å²) in [5.74, 6) is -0.859. The van der Waals surface area contributed by atoms with Crippen LogP contribution in [-0.2, 0) is 9.59 Å². The van der Waals surface area contributed by atoms with Crippen LogP contribution in [0.15, 0.2) is 0 Å². The Balaban J connectivity index is 2.45. The summed E-state index contributed by atoms with van der Waals surface area (Å²) in [6.45, 7) is 0.150. The van der Waals surface area contributed by atoms with Gasteiger partial charge in [0.1, 0.15) is 0 Å². The molecule has 0 aromatic rings. The van der Waals surface area contributed by atoms with E-state index in [4.69, 9.17) is 0 Å². The zero-order valence-corrected chi connectivity index (χ0v) is 4.13. The molecule has 2 radical (unpaired) electrons. The maximum absolute atomic E-state index is 10.2. The summed E-state index contributed by atoms with van der Waals surface area (Å²) in [7, 11) is 0. The van der Waals surface area contributed by atoms with Gasteiger partial charge in [0.05, 0.1) is 13.1 Å². The van der Waals surface area contributed by atoms with Crippen LogP contribution in [0.3, 0.4) is 0 Å². The summed E-state index contributed by atoms with van der Waals surface area (Å²) < 4.78 is 0. The largest absolute Gasteiger partial charge is 0.271 e. The highest BCUT2D eigenvalue weighted by molar-refractivity contribution is 5.98. The summed E-state index contributed by atoms with van der Waals surface area (Å²) in [6.07, 6.45) is 0. The number of carbonyl (C=O) groups excluding carboxylic acids is 2. The zero-order chi connectivity index (χ0) is 5.98. The molecule has 4 heteroatoms. The lowest BCUT2D eigenvalue weighted by atomic mass is 10.4. The minimum atomic E-state index is -0.429. The van der Waals surface area contributed by atoms with Crippen molar-refractivity contribution in [1.29, 1.82) is 0 Å². The standard InChI is InChI=1S/C4H4N2O2/c7-3-1-5-2-4(8)6-3/h1-2H2. The Bertz CT molecular complexity index is 118. The van der Waals surface area contributed by atoms with Gasteiger partial charge in [-0.25, -0.2) is 5.32 Å². The van der Waals surface area contributed by atoms with Crippen LogP contribution < -0.4 is 10.6 Å². The first-order chi connectivity index (χ1) is 3.79. The predicted octanol–water partition coefficient (Wildman–Crippen LogP) is -1.74. The number of nitrogens with zero attached hydrogens (tertiary/aromatic N) is 2. The molecule has 1 fully saturated rings. The van der Waals surface area contributed by atoms with Gasteiger partial charge in [-0.15, -0.1) is 0 Å². The van der Waals surface area contributed by atoms with E-state index in [2.05, 4.69) is 10.6 Å². The van der Waals surface area contributed by atoms with Crippen molar-refractivity contribution < 1.29 is 9.59 Å². The summed E-state index contributed by atoms with van der Waals surface area (Å²) in [4.78, 5) is 20.4. The fourth-order valence-electron chi connectivity index (χ4n) is 0.457. The molecular weight excluding hydrogens is 108 g/mol. The SMILES string of the molecule is O=C1C[N]CC(=O)[N]1. The molecule has 4 nitrogen and oxygen atoms in total. The molecule has 0 aliphatic carbocycles. The highest BCUT2D eigenvalue weighted by Crippen LogP contribution is 1.78. The number of carbonyl (C=O) groups is 2. The van der Waals surface area contributed by atoms with Gasteiger partial charge in [-0.2, -0.15) is 5.32 Å². The van der Waals surface area contributed by atoms with E-state index in [0.717, 1.165) is 0 Å². The lowest BCUT2D eigenvalue weighted by molar-refractivity contribution is -0.132. The van der Waals surface area contributed by atoms with Gasteiger partial charge in [-0.3, -0.25) is 9.59 Å². The molecule has 1 heterocycles. The molecular formula is C4H4N2O2. The second kappa shape index (κ2) is 1.92. The molecule has 1 rings (SSSR count). The van der Waals surface area contributed by atoms with E-state index < -0.39 is 11.8 Å². The Morgan fingerprint density at radius 1 is 1.12 bits per heavy atom. The Kier molecular flexibility index (Phi) is 1.26. The molecule has 1 aliphatic heterocycles. The Morgan fingerprint density at radius 3 is 1.88 bits per heavy atom. The van der Waals surface area contributed by atoms with Crippen molar-refractivity contribution in [1.82, 2.24) is 10.6 Å². The van der Waals surface area contributed by atoms with Crippen LogP contribution in [0.5, 0.6) is 0 Å². The van der Waals surface area contributed by atoms with Gasteiger partial charge in [0.25, 0.3) is 11.8 Å². The number of rotatable bonds is 0. The Morgan fingerprint density at radius 2 is 1.62 bits per heavy atom. The average Bonchev–Trinajstić information content (AvgIpc) is 1.64. The first-order valence-corrected chi connectivity index (χ1v) is 2.20. The third kappa shape index (κ3) is 1.04. The first kappa shape index (κ1) is 5.24. The van der Waals surface area contributed by atoms with Crippen molar-refractivity contribution >= 4 is 11.8 Å². The van der Waals surface area contributed by atoms with Crippen LogP contribution in [0.2, 0.25) is 0 Å². The van der Waals surface area contributed by atoms with E-state index in [9.17, 15) is 9.59 Å². The van der Waals surface area contributed by atoms with E-state index >= 15 is 0 Å². The molecule has 0 N–H and O–H groups in total. The number of imide groups is 1. The number of hydrogen-bond donors (Lipinski definition) is 0. The summed E-state index contributed by atoms with van der Waals surface area (Å²) >= 11 is 0. The van der Waals surface area contributed by atoms with Gasteiger partial charge in [0.2, 0.25) is 0 Å². The van der Waals surface area contributed by atoms with Crippen molar-refractivity contribution in [3.63, 3.8) is 0 Å². The van der Waals surface area contributed by atoms with Crippen LogP contribution in [0.1, 0.15) is 0 Å². The lowest BCUT2D eigenvalue weighted by Gasteiger charge is -2.04. The van der Waals surface area contributed by atoms with E-state index in [0.29, 0.717) is 0 Å². The van der Waals surface area contributed by atoms with E-state index in [-0.39, 0.29) is 13.1 Å². The lowest BCUT2D eigenvalue weighted by Crippen LogP contribution is -2.40. The van der Waals surface area contributed by atoms with Crippen molar-refractivity contribution in [3.05, 3.63) is 0 Å². The van der Waals surface area contributed by atoms with Gasteiger partial charge in [-0.05, 0) is 0 Å². The van der Waals surface area contributed by atoms with Gasteiger partial charge >= 0.3 is 0 Å². The normalized spacial score (nSPS) is 20.5. The fourth-order valence-corrected chi connectivity index (χ4v) is 0.457. The van der Waals surface area contributed by atoms with Gasteiger partial charge in [0.15, 0.2) is 0 Å². The topological polar surface area (TPSA) is 62.3 Å². The maximum Gasteiger partial charge on any atom is 0.264 e. The summed E-state index contributed by atoms with van der Waals surface area (Å²) in [6, 6.07) is 0. The van der Waals surface area contributed by atoms with Crippen LogP contribution in [0, 0.1) is 0 Å². The molecule has 1 saturated heterocycles. The highest BCUT2D eigenvalue weighted by atomic mass is 16.2. The van der Waals surface area contributed by atoms with E-state index in [1.165, 1.54) is 0 Å². The Hall–Kier alpha value is -0.900. The molecule has 0 unspecified atom stereocenters. The second-order valence-electron chi connectivity index (χ2n) is 1.44. The minimum Gasteiger partial charge on any atom is -0.271 e. The molecule has 0 atom stereocenters. The smallest absolute Gasteiger partial charge is 0.264 e. The molecule has 0 aromatic heterocycles. The average molecular weight is 112 g/mol. The van der Waals surface area contributed by atoms with Gasteiger partial charge in [0, 0.05) is 0 Å². The summed E-state index contributed by atoms with van der Waals surface area (Å²) in [5.41, 5.74) is 0. The van der Waals surface area contributed by atoms with Crippen molar-refractivity contribution in [2.45, 2.75) is 0 Å². The fraction of sp³-hybridized carbons (Fsp3) is 0.500. The van der Waals surface area contributed by atoms with Crippen LogP contribution in [0.4, 0.5) is 0 Å². The van der Waals surface area contributed by atoms with Gasteiger partial charge < -0.3 is 0 Å². The van der Waals surface area contributed by atoms with Gasteiger partial charge in [-0.1, -0.05) is 0 Å². The quantitative estimate of drug-likeness (QED) is 0.349. The van der Waals surface area contributed by atoms with Crippen molar-refractivity contribution in [2.24, 2.45) is 0 Å². The van der Waals surface area contributed by atoms with Crippen LogP contribution >= 0.6 is 0 Å². The monoisotopic (exact) mass is 112 g/mol. The molecule has 42 valence electrons. The van der Waals surface area contributed by atoms with Crippen LogP contribution in [-0.4, -0.2) is 24.9 Å². The first-order valence-electron chi connectivity index (χ1n) is 2.20. The van der Waals surface area contributed by atoms with Crippen molar-refractivity contribution in [2.75, 3.05) is 13.1 Å². The van der Waals surface area contributed by atoms with Crippen molar-refractivity contribution in [3.8, 4) is 0 Å². The second-order valence-corrected chi connectivity index (χ2v) is 1.44. The molecule has 0 bridgehead atoms. The van der Waals surface area contributed by atoms with E-state index in [1.54, 1.807) is 0 Å². The zero-order valence-electron chi connectivity index (χ0n) is 4.13. The molecule has 2 amide bonds. The number of amides is 2. The third-order valence-electron chi connectivity index (χ3n) is 0.744. The maximum atomic E-state index is 10.2. The number of piperazine rings is 1. The third-order valence-corrected chi connectivity index (χ3v) is 0.744. The minimum absolute atomic E-state index is 0.0751. The Labute approximate surface area is 46.3 Å². The molecule has 1 aliphatic rings. The molecule has 0 saturated carbocycles. The molecule has 8 heavy (non-hydrogen) atoms. The summed E-state index contributed by atoms with van der Waals surface area (Å²) in [5, 5.41) is 6.66. The van der Waals surface area contributed by atoms with Crippen LogP contribution in [0.25, 0.3) is 0 Å². The molecule has 0 spiro atoms. The highest BCUT2D eigenvalue weighted by Gasteiger charge is 2.16. The number of hydrogen-bond acceptors (Lipinski definition) is 2. The predicted molar refractivity (Wildman–Crippen MR) is 24.0 cm³/mol.